The average molecular weight is 212 g/mol. The second kappa shape index (κ2) is 5.28. The molecule has 1 heterocycles. The van der Waals surface area contributed by atoms with Crippen LogP contribution in [0.2, 0.25) is 0 Å². The zero-order valence-electron chi connectivity index (χ0n) is 7.92. The van der Waals surface area contributed by atoms with Gasteiger partial charge in [0, 0.05) is 12.7 Å². The van der Waals surface area contributed by atoms with E-state index in [1.807, 2.05) is 0 Å². The fraction of sp³-hybridized carbons (Fsp3) is 0.333. The molecule has 0 aromatic carbocycles. The Labute approximate surface area is 86.2 Å². The standard InChI is InChI=1S/C9H12N2O4/c12-5-8(14)4-11-9(15)6-1-7(13)3-10-2-6/h1-3,8,12-14H,4-5H2,(H,11,15). The quantitative estimate of drug-likeness (QED) is 0.505. The summed E-state index contributed by atoms with van der Waals surface area (Å²) < 4.78 is 0. The van der Waals surface area contributed by atoms with Crippen LogP contribution in [0.4, 0.5) is 0 Å². The molecule has 1 unspecified atom stereocenters. The van der Waals surface area contributed by atoms with E-state index in [0.717, 1.165) is 0 Å². The molecule has 1 atom stereocenters. The van der Waals surface area contributed by atoms with Crippen LogP contribution in [0.15, 0.2) is 18.5 Å². The third kappa shape index (κ3) is 3.53. The summed E-state index contributed by atoms with van der Waals surface area (Å²) in [4.78, 5) is 15.0. The number of pyridine rings is 1. The van der Waals surface area contributed by atoms with E-state index in [2.05, 4.69) is 10.3 Å². The molecule has 0 bridgehead atoms. The van der Waals surface area contributed by atoms with E-state index in [4.69, 9.17) is 15.3 Å². The van der Waals surface area contributed by atoms with Crippen molar-refractivity contribution < 1.29 is 20.1 Å². The zero-order chi connectivity index (χ0) is 11.3. The molecule has 0 radical (unpaired) electrons. The maximum atomic E-state index is 11.4. The molecule has 0 fully saturated rings. The van der Waals surface area contributed by atoms with Crippen LogP contribution in [0.3, 0.4) is 0 Å². The van der Waals surface area contributed by atoms with Gasteiger partial charge in [0.15, 0.2) is 0 Å². The first-order valence-corrected chi connectivity index (χ1v) is 4.34. The van der Waals surface area contributed by atoms with Gasteiger partial charge in [-0.15, -0.1) is 0 Å². The van der Waals surface area contributed by atoms with Gasteiger partial charge in [0.2, 0.25) is 0 Å². The number of carbonyl (C=O) groups excluding carboxylic acids is 1. The van der Waals surface area contributed by atoms with Crippen molar-refractivity contribution in [2.24, 2.45) is 0 Å². The van der Waals surface area contributed by atoms with Crippen molar-refractivity contribution >= 4 is 5.91 Å². The van der Waals surface area contributed by atoms with Crippen LogP contribution in [0.5, 0.6) is 5.75 Å². The number of amides is 1. The van der Waals surface area contributed by atoms with E-state index in [9.17, 15) is 4.79 Å². The maximum Gasteiger partial charge on any atom is 0.253 e. The summed E-state index contributed by atoms with van der Waals surface area (Å²) in [6.45, 7) is -0.469. The topological polar surface area (TPSA) is 103 Å². The molecule has 0 aliphatic heterocycles. The van der Waals surface area contributed by atoms with E-state index in [1.54, 1.807) is 0 Å². The fourth-order valence-electron chi connectivity index (χ4n) is 0.929. The van der Waals surface area contributed by atoms with Gasteiger partial charge in [-0.25, -0.2) is 0 Å². The molecule has 6 heteroatoms. The van der Waals surface area contributed by atoms with Gasteiger partial charge in [-0.2, -0.15) is 0 Å². The van der Waals surface area contributed by atoms with Crippen molar-refractivity contribution in [3.05, 3.63) is 24.0 Å². The average Bonchev–Trinajstić information content (AvgIpc) is 2.25. The van der Waals surface area contributed by atoms with Crippen LogP contribution < -0.4 is 5.32 Å². The van der Waals surface area contributed by atoms with Crippen LogP contribution in [-0.2, 0) is 0 Å². The van der Waals surface area contributed by atoms with Crippen LogP contribution in [-0.4, -0.2) is 45.5 Å². The molecular formula is C9H12N2O4. The number of hydrogen-bond donors (Lipinski definition) is 4. The van der Waals surface area contributed by atoms with Crippen molar-refractivity contribution in [3.8, 4) is 5.75 Å². The smallest absolute Gasteiger partial charge is 0.253 e. The number of nitrogens with zero attached hydrogens (tertiary/aromatic N) is 1. The lowest BCUT2D eigenvalue weighted by Gasteiger charge is -2.08. The Morgan fingerprint density at radius 1 is 1.53 bits per heavy atom. The number of nitrogens with one attached hydrogen (secondary N) is 1. The Morgan fingerprint density at radius 2 is 2.27 bits per heavy atom. The highest BCUT2D eigenvalue weighted by Gasteiger charge is 2.08. The number of aromatic nitrogens is 1. The third-order valence-corrected chi connectivity index (χ3v) is 1.69. The van der Waals surface area contributed by atoms with Crippen LogP contribution in [0.1, 0.15) is 10.4 Å². The normalized spacial score (nSPS) is 12.1. The van der Waals surface area contributed by atoms with Gasteiger partial charge in [-0.05, 0) is 6.07 Å². The summed E-state index contributed by atoms with van der Waals surface area (Å²) in [6, 6.07) is 1.26. The molecule has 0 saturated heterocycles. The SMILES string of the molecule is O=C(NCC(O)CO)c1cncc(O)c1. The molecule has 4 N–H and O–H groups in total. The number of carbonyl (C=O) groups is 1. The summed E-state index contributed by atoms with van der Waals surface area (Å²) in [5.41, 5.74) is 0.195. The third-order valence-electron chi connectivity index (χ3n) is 1.69. The van der Waals surface area contributed by atoms with Gasteiger partial charge in [-0.3, -0.25) is 9.78 Å². The van der Waals surface area contributed by atoms with E-state index < -0.39 is 18.6 Å². The van der Waals surface area contributed by atoms with E-state index in [1.165, 1.54) is 18.5 Å². The number of hydrogen-bond acceptors (Lipinski definition) is 5. The Morgan fingerprint density at radius 3 is 2.87 bits per heavy atom. The highest BCUT2D eigenvalue weighted by Crippen LogP contribution is 2.07. The molecule has 1 aromatic rings. The molecule has 1 rings (SSSR count). The summed E-state index contributed by atoms with van der Waals surface area (Å²) in [5.74, 6) is -0.573. The minimum Gasteiger partial charge on any atom is -0.506 e. The lowest BCUT2D eigenvalue weighted by atomic mass is 10.2. The molecule has 1 amide bonds. The minimum atomic E-state index is -0.987. The molecule has 0 spiro atoms. The lowest BCUT2D eigenvalue weighted by Crippen LogP contribution is -2.33. The van der Waals surface area contributed by atoms with E-state index >= 15 is 0 Å². The highest BCUT2D eigenvalue weighted by atomic mass is 16.3. The van der Waals surface area contributed by atoms with Gasteiger partial charge in [0.05, 0.1) is 24.5 Å². The molecule has 0 aliphatic rings. The van der Waals surface area contributed by atoms with Crippen LogP contribution in [0.25, 0.3) is 0 Å². The summed E-state index contributed by atoms with van der Waals surface area (Å²) in [5, 5.41) is 28.9. The Bertz CT molecular complexity index is 343. The predicted octanol–water partition coefficient (Wildman–Crippen LogP) is -1.13. The van der Waals surface area contributed by atoms with Gasteiger partial charge in [0.1, 0.15) is 5.75 Å². The van der Waals surface area contributed by atoms with Crippen molar-refractivity contribution in [2.45, 2.75) is 6.10 Å². The van der Waals surface area contributed by atoms with Gasteiger partial charge >= 0.3 is 0 Å². The van der Waals surface area contributed by atoms with Crippen molar-refractivity contribution in [3.63, 3.8) is 0 Å². The van der Waals surface area contributed by atoms with Crippen molar-refractivity contribution in [1.29, 1.82) is 0 Å². The van der Waals surface area contributed by atoms with Gasteiger partial charge in [0.25, 0.3) is 5.91 Å². The van der Waals surface area contributed by atoms with E-state index in [-0.39, 0.29) is 17.9 Å². The van der Waals surface area contributed by atoms with E-state index in [0.29, 0.717) is 0 Å². The second-order valence-corrected chi connectivity index (χ2v) is 2.98. The molecule has 82 valence electrons. The largest absolute Gasteiger partial charge is 0.506 e. The molecule has 1 aromatic heterocycles. The number of aliphatic hydroxyl groups is 2. The predicted molar refractivity (Wildman–Crippen MR) is 51.3 cm³/mol. The monoisotopic (exact) mass is 212 g/mol. The Kier molecular flexibility index (Phi) is 4.02. The first-order chi connectivity index (χ1) is 7.13. The zero-order valence-corrected chi connectivity index (χ0v) is 7.92. The first-order valence-electron chi connectivity index (χ1n) is 4.34. The molecular weight excluding hydrogens is 200 g/mol. The summed E-state index contributed by atoms with van der Waals surface area (Å²) >= 11 is 0. The molecule has 0 saturated carbocycles. The summed E-state index contributed by atoms with van der Waals surface area (Å²) in [6.07, 6.45) is 1.51. The fourth-order valence-corrected chi connectivity index (χ4v) is 0.929. The lowest BCUT2D eigenvalue weighted by molar-refractivity contribution is 0.0801. The van der Waals surface area contributed by atoms with Crippen LogP contribution >= 0.6 is 0 Å². The highest BCUT2D eigenvalue weighted by molar-refractivity contribution is 5.94. The Hall–Kier alpha value is -1.66. The maximum absolute atomic E-state index is 11.4. The number of aromatic hydroxyl groups is 1. The van der Waals surface area contributed by atoms with Gasteiger partial charge < -0.3 is 20.6 Å². The van der Waals surface area contributed by atoms with Crippen molar-refractivity contribution in [1.82, 2.24) is 10.3 Å². The van der Waals surface area contributed by atoms with Crippen LogP contribution in [0, 0.1) is 0 Å². The molecule has 0 aliphatic carbocycles. The molecule has 15 heavy (non-hydrogen) atoms. The van der Waals surface area contributed by atoms with Crippen molar-refractivity contribution in [2.75, 3.05) is 13.2 Å². The van der Waals surface area contributed by atoms with Gasteiger partial charge in [-0.1, -0.05) is 0 Å². The second-order valence-electron chi connectivity index (χ2n) is 2.98. The minimum absolute atomic E-state index is 0.0506. The molecule has 6 nitrogen and oxygen atoms in total. The summed E-state index contributed by atoms with van der Waals surface area (Å²) in [7, 11) is 0. The number of rotatable bonds is 4. The number of aliphatic hydroxyl groups excluding tert-OH is 2. The Balaban J connectivity index is 2.54. The first kappa shape index (κ1) is 11.4.